The van der Waals surface area contributed by atoms with E-state index < -0.39 is 5.91 Å². The van der Waals surface area contributed by atoms with Crippen LogP contribution in [0.2, 0.25) is 5.02 Å². The molecule has 1 aromatic carbocycles. The second-order valence-electron chi connectivity index (χ2n) is 4.58. The first-order chi connectivity index (χ1) is 8.63. The van der Waals surface area contributed by atoms with Gasteiger partial charge in [0.2, 0.25) is 5.91 Å². The topological polar surface area (TPSA) is 58.4 Å². The van der Waals surface area contributed by atoms with Crippen LogP contribution in [0.4, 0.5) is 5.69 Å². The molecule has 2 rings (SSSR count). The zero-order chi connectivity index (χ0) is 13.1. The number of anilines is 1. The van der Waals surface area contributed by atoms with Gasteiger partial charge in [0.15, 0.2) is 0 Å². The molecule has 1 fully saturated rings. The van der Waals surface area contributed by atoms with Gasteiger partial charge in [0.1, 0.15) is 0 Å². The first-order valence-electron chi connectivity index (χ1n) is 6.14. The van der Waals surface area contributed by atoms with Crippen LogP contribution in [-0.2, 0) is 0 Å². The molecule has 1 saturated heterocycles. The molecule has 3 N–H and O–H groups in total. The van der Waals surface area contributed by atoms with Crippen molar-refractivity contribution in [1.82, 2.24) is 5.32 Å². The summed E-state index contributed by atoms with van der Waals surface area (Å²) in [6.07, 6.45) is 2.33. The number of carbonyl (C=O) groups excluding carboxylic acids is 1. The molecule has 0 saturated carbocycles. The second kappa shape index (κ2) is 5.59. The molecule has 98 valence electrons. The van der Waals surface area contributed by atoms with Crippen LogP contribution in [-0.4, -0.2) is 32.1 Å². The van der Waals surface area contributed by atoms with Crippen molar-refractivity contribution >= 4 is 23.2 Å². The van der Waals surface area contributed by atoms with Gasteiger partial charge in [-0.15, -0.1) is 0 Å². The van der Waals surface area contributed by atoms with Gasteiger partial charge in [-0.05, 0) is 38.1 Å². The smallest absolute Gasteiger partial charge is 0.248 e. The highest BCUT2D eigenvalue weighted by Crippen LogP contribution is 2.32. The van der Waals surface area contributed by atoms with Gasteiger partial charge in [0.25, 0.3) is 0 Å². The molecule has 5 heteroatoms. The van der Waals surface area contributed by atoms with Crippen molar-refractivity contribution in [2.45, 2.75) is 18.9 Å². The van der Waals surface area contributed by atoms with Crippen LogP contribution in [0.1, 0.15) is 23.2 Å². The Morgan fingerprint density at radius 1 is 1.61 bits per heavy atom. The SMILES string of the molecule is CNCC1CCCN1c1ccc(C(N)=O)cc1Cl. The number of likely N-dealkylation sites (N-methyl/N-ethyl adjacent to an activating group) is 1. The van der Waals surface area contributed by atoms with Gasteiger partial charge < -0.3 is 16.0 Å². The molecule has 0 radical (unpaired) electrons. The van der Waals surface area contributed by atoms with E-state index in [0.717, 1.165) is 25.2 Å². The largest absolute Gasteiger partial charge is 0.366 e. The number of primary amides is 1. The van der Waals surface area contributed by atoms with E-state index in [1.165, 1.54) is 6.42 Å². The Hall–Kier alpha value is -1.26. The Kier molecular flexibility index (Phi) is 4.09. The number of hydrogen-bond donors (Lipinski definition) is 2. The molecule has 0 spiro atoms. The third kappa shape index (κ3) is 2.60. The lowest BCUT2D eigenvalue weighted by molar-refractivity contribution is 0.100. The van der Waals surface area contributed by atoms with Crippen LogP contribution in [0.25, 0.3) is 0 Å². The standard InChI is InChI=1S/C13H18ClN3O/c1-16-8-10-3-2-6-17(10)12-5-4-9(13(15)18)7-11(12)14/h4-5,7,10,16H,2-3,6,8H2,1H3,(H2,15,18). The monoisotopic (exact) mass is 267 g/mol. The zero-order valence-corrected chi connectivity index (χ0v) is 11.2. The lowest BCUT2D eigenvalue weighted by Crippen LogP contribution is -2.36. The first kappa shape index (κ1) is 13.2. The number of nitrogens with two attached hydrogens (primary N) is 1. The normalized spacial score (nSPS) is 19.2. The van der Waals surface area contributed by atoms with E-state index in [2.05, 4.69) is 10.2 Å². The van der Waals surface area contributed by atoms with Gasteiger partial charge in [-0.1, -0.05) is 11.6 Å². The molecule has 1 unspecified atom stereocenters. The lowest BCUT2D eigenvalue weighted by atomic mass is 10.1. The summed E-state index contributed by atoms with van der Waals surface area (Å²) in [5.41, 5.74) is 6.68. The van der Waals surface area contributed by atoms with E-state index >= 15 is 0 Å². The predicted octanol–water partition coefficient (Wildman–Crippen LogP) is 1.63. The summed E-state index contributed by atoms with van der Waals surface area (Å²) in [6.45, 7) is 1.94. The zero-order valence-electron chi connectivity index (χ0n) is 10.4. The Morgan fingerprint density at radius 2 is 2.39 bits per heavy atom. The highest BCUT2D eigenvalue weighted by Gasteiger charge is 2.25. The number of benzene rings is 1. The fourth-order valence-electron chi connectivity index (χ4n) is 2.49. The third-order valence-electron chi connectivity index (χ3n) is 3.36. The molecule has 0 aliphatic carbocycles. The third-order valence-corrected chi connectivity index (χ3v) is 3.66. The van der Waals surface area contributed by atoms with Crippen LogP contribution in [0.3, 0.4) is 0 Å². The molecule has 1 aliphatic rings. The lowest BCUT2D eigenvalue weighted by Gasteiger charge is -2.27. The van der Waals surface area contributed by atoms with Gasteiger partial charge in [-0.2, -0.15) is 0 Å². The van der Waals surface area contributed by atoms with Crippen molar-refractivity contribution < 1.29 is 4.79 Å². The van der Waals surface area contributed by atoms with Gasteiger partial charge in [-0.3, -0.25) is 4.79 Å². The Balaban J connectivity index is 2.25. The summed E-state index contributed by atoms with van der Waals surface area (Å²) in [5, 5.41) is 3.79. The molecule has 18 heavy (non-hydrogen) atoms. The van der Waals surface area contributed by atoms with E-state index in [0.29, 0.717) is 16.6 Å². The molecule has 1 atom stereocenters. The van der Waals surface area contributed by atoms with E-state index in [-0.39, 0.29) is 0 Å². The molecule has 1 aromatic rings. The van der Waals surface area contributed by atoms with Crippen LogP contribution in [0.5, 0.6) is 0 Å². The van der Waals surface area contributed by atoms with E-state index in [1.807, 2.05) is 13.1 Å². The summed E-state index contributed by atoms with van der Waals surface area (Å²) in [6, 6.07) is 5.73. The maximum absolute atomic E-state index is 11.1. The Labute approximate surface area is 112 Å². The molecule has 4 nitrogen and oxygen atoms in total. The number of hydrogen-bond acceptors (Lipinski definition) is 3. The van der Waals surface area contributed by atoms with E-state index in [1.54, 1.807) is 12.1 Å². The molecule has 0 aromatic heterocycles. The molecule has 0 bridgehead atoms. The number of amides is 1. The fourth-order valence-corrected chi connectivity index (χ4v) is 2.78. The number of carbonyl (C=O) groups is 1. The minimum atomic E-state index is -0.448. The number of nitrogens with zero attached hydrogens (tertiary/aromatic N) is 1. The highest BCUT2D eigenvalue weighted by atomic mass is 35.5. The summed E-state index contributed by atoms with van der Waals surface area (Å²) < 4.78 is 0. The van der Waals surface area contributed by atoms with Crippen LogP contribution < -0.4 is 16.0 Å². The maximum atomic E-state index is 11.1. The molecule has 1 amide bonds. The summed E-state index contributed by atoms with van der Waals surface area (Å²) >= 11 is 6.25. The average Bonchev–Trinajstić information content (AvgIpc) is 2.77. The van der Waals surface area contributed by atoms with Crippen LogP contribution >= 0.6 is 11.6 Å². The first-order valence-corrected chi connectivity index (χ1v) is 6.52. The van der Waals surface area contributed by atoms with Gasteiger partial charge >= 0.3 is 0 Å². The van der Waals surface area contributed by atoms with Crippen molar-refractivity contribution in [3.8, 4) is 0 Å². The molecular weight excluding hydrogens is 250 g/mol. The van der Waals surface area contributed by atoms with E-state index in [4.69, 9.17) is 17.3 Å². The van der Waals surface area contributed by atoms with Gasteiger partial charge in [0.05, 0.1) is 10.7 Å². The highest BCUT2D eigenvalue weighted by molar-refractivity contribution is 6.33. The Morgan fingerprint density at radius 3 is 3.00 bits per heavy atom. The summed E-state index contributed by atoms with van der Waals surface area (Å²) in [5.74, 6) is -0.448. The maximum Gasteiger partial charge on any atom is 0.248 e. The van der Waals surface area contributed by atoms with Crippen molar-refractivity contribution in [3.05, 3.63) is 28.8 Å². The molecule has 1 aliphatic heterocycles. The van der Waals surface area contributed by atoms with Crippen molar-refractivity contribution in [3.63, 3.8) is 0 Å². The minimum Gasteiger partial charge on any atom is -0.366 e. The van der Waals surface area contributed by atoms with Crippen molar-refractivity contribution in [2.24, 2.45) is 5.73 Å². The molecular formula is C13H18ClN3O. The number of nitrogens with one attached hydrogen (secondary N) is 1. The van der Waals surface area contributed by atoms with Gasteiger partial charge in [0, 0.05) is 24.7 Å². The second-order valence-corrected chi connectivity index (χ2v) is 4.98. The molecule has 1 heterocycles. The quantitative estimate of drug-likeness (QED) is 0.872. The average molecular weight is 268 g/mol. The van der Waals surface area contributed by atoms with Crippen LogP contribution in [0.15, 0.2) is 18.2 Å². The van der Waals surface area contributed by atoms with E-state index in [9.17, 15) is 4.79 Å². The number of halogens is 1. The predicted molar refractivity (Wildman–Crippen MR) is 74.3 cm³/mol. The van der Waals surface area contributed by atoms with Crippen molar-refractivity contribution in [2.75, 3.05) is 25.0 Å². The van der Waals surface area contributed by atoms with Gasteiger partial charge in [-0.25, -0.2) is 0 Å². The van der Waals surface area contributed by atoms with Crippen molar-refractivity contribution in [1.29, 1.82) is 0 Å². The Bertz CT molecular complexity index is 450. The summed E-state index contributed by atoms with van der Waals surface area (Å²) in [4.78, 5) is 13.4. The summed E-state index contributed by atoms with van der Waals surface area (Å²) in [7, 11) is 1.95. The minimum absolute atomic E-state index is 0.448. The van der Waals surface area contributed by atoms with Crippen LogP contribution in [0, 0.1) is 0 Å². The number of rotatable bonds is 4. The fraction of sp³-hybridized carbons (Fsp3) is 0.462.